The summed E-state index contributed by atoms with van der Waals surface area (Å²) in [7, 11) is 0. The van der Waals surface area contributed by atoms with Crippen LogP contribution >= 0.6 is 0 Å². The van der Waals surface area contributed by atoms with Gasteiger partial charge in [-0.15, -0.1) is 0 Å². The van der Waals surface area contributed by atoms with Crippen LogP contribution < -0.4 is 22.5 Å². The van der Waals surface area contributed by atoms with E-state index in [1.165, 1.54) is 103 Å². The van der Waals surface area contributed by atoms with Crippen LogP contribution in [0.15, 0.2) is 0 Å². The Labute approximate surface area is 304 Å². The van der Waals surface area contributed by atoms with Crippen LogP contribution in [0.1, 0.15) is 156 Å². The predicted molar refractivity (Wildman–Crippen MR) is 208 cm³/mol. The van der Waals surface area contributed by atoms with Gasteiger partial charge >= 0.3 is 0 Å². The number of hydrogen-bond acceptors (Lipinski definition) is 7. The van der Waals surface area contributed by atoms with E-state index in [1.54, 1.807) is 0 Å². The fourth-order valence-corrected chi connectivity index (χ4v) is 10.6. The first kappa shape index (κ1) is 43.1. The zero-order chi connectivity index (χ0) is 35.3. The van der Waals surface area contributed by atoms with Gasteiger partial charge < -0.3 is 36.7 Å². The Balaban J connectivity index is 1.70. The van der Waals surface area contributed by atoms with Gasteiger partial charge in [0.1, 0.15) is 0 Å². The summed E-state index contributed by atoms with van der Waals surface area (Å²) in [5.41, 5.74) is 18.0. The minimum absolute atomic E-state index is 0.193. The van der Waals surface area contributed by atoms with Crippen molar-refractivity contribution in [2.45, 2.75) is 174 Å². The average molecular weight is 693 g/mol. The SMILES string of the molecule is CCCCCCCCNCCC[C@@H](C)C1CC[C@H]2C3[C@@H](CC(C[C@@H](CCCC)OCCCN)C[C@H]3OCCCN)C[C@H](OCCCN)C12C. The van der Waals surface area contributed by atoms with Gasteiger partial charge in [0.2, 0.25) is 0 Å². The molecule has 0 heterocycles. The molecule has 0 aromatic carbocycles. The zero-order valence-corrected chi connectivity index (χ0v) is 33.0. The van der Waals surface area contributed by atoms with Crippen molar-refractivity contribution in [1.29, 1.82) is 0 Å². The van der Waals surface area contributed by atoms with E-state index in [0.717, 1.165) is 58.5 Å². The standard InChI is InChI=1S/C42H84N4O3/c1-5-7-9-10-11-12-24-46-25-13-17-33(3)37-19-20-38-41-35(32-40(42(37,38)4)49-28-16-23-45)29-34(31-39(41)48-27-15-22-44)30-36(18-8-6-2)47-26-14-21-43/h33-41,46H,5-32,43-45H2,1-4H3/t33-,34?,35+,36-,37?,38+,39-,40+,41?,42?/m1/s1. The van der Waals surface area contributed by atoms with Gasteiger partial charge in [-0.2, -0.15) is 0 Å². The summed E-state index contributed by atoms with van der Waals surface area (Å²) >= 11 is 0. The Hall–Kier alpha value is -0.280. The number of unbranched alkanes of at least 4 members (excludes halogenated alkanes) is 6. The maximum atomic E-state index is 6.96. The zero-order valence-electron chi connectivity index (χ0n) is 33.0. The van der Waals surface area contributed by atoms with E-state index >= 15 is 0 Å². The third-order valence-electron chi connectivity index (χ3n) is 13.2. The van der Waals surface area contributed by atoms with E-state index in [9.17, 15) is 0 Å². The molecule has 290 valence electrons. The van der Waals surface area contributed by atoms with Gasteiger partial charge in [-0.25, -0.2) is 0 Å². The van der Waals surface area contributed by atoms with Crippen molar-refractivity contribution in [1.82, 2.24) is 5.32 Å². The molecular weight excluding hydrogens is 608 g/mol. The van der Waals surface area contributed by atoms with E-state index in [-0.39, 0.29) is 5.41 Å². The summed E-state index contributed by atoms with van der Waals surface area (Å²) in [6, 6.07) is 0. The van der Waals surface area contributed by atoms with Crippen LogP contribution in [0.2, 0.25) is 0 Å². The van der Waals surface area contributed by atoms with Crippen molar-refractivity contribution in [3.8, 4) is 0 Å². The summed E-state index contributed by atoms with van der Waals surface area (Å²) < 4.78 is 20.3. The Morgan fingerprint density at radius 3 is 2.12 bits per heavy atom. The van der Waals surface area contributed by atoms with Crippen LogP contribution in [0.3, 0.4) is 0 Å². The molecule has 0 radical (unpaired) electrons. The topological polar surface area (TPSA) is 118 Å². The van der Waals surface area contributed by atoms with Gasteiger partial charge in [0.25, 0.3) is 0 Å². The van der Waals surface area contributed by atoms with Crippen LogP contribution in [0, 0.1) is 40.9 Å². The molecular formula is C42H84N4O3. The molecule has 49 heavy (non-hydrogen) atoms. The normalized spacial score (nSPS) is 31.0. The molecule has 3 aliphatic carbocycles. The lowest BCUT2D eigenvalue weighted by molar-refractivity contribution is -0.184. The van der Waals surface area contributed by atoms with Crippen LogP contribution in [-0.2, 0) is 14.2 Å². The second kappa shape index (κ2) is 24.9. The van der Waals surface area contributed by atoms with Gasteiger partial charge in [-0.1, -0.05) is 72.6 Å². The van der Waals surface area contributed by atoms with Gasteiger partial charge in [0.15, 0.2) is 0 Å². The first-order valence-electron chi connectivity index (χ1n) is 21.6. The lowest BCUT2D eigenvalue weighted by Gasteiger charge is -2.58. The molecule has 7 heteroatoms. The molecule has 7 N–H and O–H groups in total. The summed E-state index contributed by atoms with van der Waals surface area (Å²) in [6.07, 6.45) is 25.6. The Morgan fingerprint density at radius 1 is 0.714 bits per heavy atom. The molecule has 0 amide bonds. The summed E-state index contributed by atoms with van der Waals surface area (Å²) in [6.45, 7) is 16.6. The first-order chi connectivity index (χ1) is 23.9. The molecule has 0 saturated heterocycles. The highest BCUT2D eigenvalue weighted by molar-refractivity contribution is 5.11. The smallest absolute Gasteiger partial charge is 0.0636 e. The number of rotatable bonds is 29. The largest absolute Gasteiger partial charge is 0.378 e. The van der Waals surface area contributed by atoms with Crippen molar-refractivity contribution in [3.05, 3.63) is 0 Å². The molecule has 7 nitrogen and oxygen atoms in total. The molecule has 0 spiro atoms. The van der Waals surface area contributed by atoms with Crippen LogP contribution in [0.25, 0.3) is 0 Å². The summed E-state index contributed by atoms with van der Waals surface area (Å²) in [4.78, 5) is 0. The van der Waals surface area contributed by atoms with Gasteiger partial charge in [-0.3, -0.25) is 0 Å². The lowest BCUT2D eigenvalue weighted by atomic mass is 9.50. The fraction of sp³-hybridized carbons (Fsp3) is 1.00. The number of fused-ring (bicyclic) bond motifs is 3. The molecule has 0 aromatic rings. The molecule has 4 unspecified atom stereocenters. The molecule has 3 aliphatic rings. The lowest BCUT2D eigenvalue weighted by Crippen LogP contribution is -2.57. The molecule has 3 fully saturated rings. The molecule has 0 aromatic heterocycles. The number of nitrogens with two attached hydrogens (primary N) is 3. The van der Waals surface area contributed by atoms with E-state index < -0.39 is 0 Å². The molecule has 0 bridgehead atoms. The van der Waals surface area contributed by atoms with Crippen molar-refractivity contribution in [2.75, 3.05) is 52.5 Å². The monoisotopic (exact) mass is 693 g/mol. The average Bonchev–Trinajstić information content (AvgIpc) is 3.46. The van der Waals surface area contributed by atoms with Crippen LogP contribution in [0.5, 0.6) is 0 Å². The maximum Gasteiger partial charge on any atom is 0.0636 e. The summed E-state index contributed by atoms with van der Waals surface area (Å²) in [5.74, 6) is 3.99. The maximum absolute atomic E-state index is 6.96. The Morgan fingerprint density at radius 2 is 1.39 bits per heavy atom. The molecule has 10 atom stereocenters. The highest BCUT2D eigenvalue weighted by Gasteiger charge is 2.62. The van der Waals surface area contributed by atoms with Crippen LogP contribution in [0.4, 0.5) is 0 Å². The highest BCUT2D eigenvalue weighted by atomic mass is 16.5. The Bertz CT molecular complexity index is 819. The van der Waals surface area contributed by atoms with E-state index in [4.69, 9.17) is 31.4 Å². The quantitative estimate of drug-likeness (QED) is 0.0584. The molecule has 3 rings (SSSR count). The Kier molecular flexibility index (Phi) is 21.9. The van der Waals surface area contributed by atoms with Crippen molar-refractivity contribution in [2.24, 2.45) is 58.1 Å². The summed E-state index contributed by atoms with van der Waals surface area (Å²) in [5, 5.41) is 3.76. The second-order valence-corrected chi connectivity index (χ2v) is 16.8. The minimum Gasteiger partial charge on any atom is -0.378 e. The first-order valence-corrected chi connectivity index (χ1v) is 21.6. The second-order valence-electron chi connectivity index (χ2n) is 16.8. The molecule has 3 saturated carbocycles. The van der Waals surface area contributed by atoms with Gasteiger partial charge in [0, 0.05) is 25.2 Å². The van der Waals surface area contributed by atoms with Crippen molar-refractivity contribution >= 4 is 0 Å². The van der Waals surface area contributed by atoms with E-state index in [0.29, 0.717) is 73.5 Å². The van der Waals surface area contributed by atoms with Crippen molar-refractivity contribution in [3.63, 3.8) is 0 Å². The van der Waals surface area contributed by atoms with E-state index in [2.05, 4.69) is 33.0 Å². The van der Waals surface area contributed by atoms with E-state index in [1.807, 2.05) is 0 Å². The van der Waals surface area contributed by atoms with Crippen LogP contribution in [-0.4, -0.2) is 70.9 Å². The number of ether oxygens (including phenoxy) is 3. The third-order valence-corrected chi connectivity index (χ3v) is 13.2. The van der Waals surface area contributed by atoms with Gasteiger partial charge in [-0.05, 0) is 152 Å². The van der Waals surface area contributed by atoms with Crippen molar-refractivity contribution < 1.29 is 14.2 Å². The third kappa shape index (κ3) is 13.6. The molecule has 0 aliphatic heterocycles. The predicted octanol–water partition coefficient (Wildman–Crippen LogP) is 8.21. The fourth-order valence-electron chi connectivity index (χ4n) is 10.6. The highest BCUT2D eigenvalue weighted by Crippen LogP contribution is 2.65. The number of hydrogen-bond donors (Lipinski definition) is 4. The minimum atomic E-state index is 0.193. The van der Waals surface area contributed by atoms with Gasteiger partial charge in [0.05, 0.1) is 18.3 Å². The number of nitrogens with one attached hydrogen (secondary N) is 1.